The van der Waals surface area contributed by atoms with Gasteiger partial charge in [-0.3, -0.25) is 9.59 Å². The molecular formula is C22H24N2O5. The maximum atomic E-state index is 12.6. The van der Waals surface area contributed by atoms with Crippen molar-refractivity contribution in [1.29, 1.82) is 0 Å². The molecule has 0 atom stereocenters. The van der Waals surface area contributed by atoms with Gasteiger partial charge in [-0.25, -0.2) is 4.79 Å². The monoisotopic (exact) mass is 396 g/mol. The van der Waals surface area contributed by atoms with Crippen molar-refractivity contribution in [3.05, 3.63) is 65.2 Å². The summed E-state index contributed by atoms with van der Waals surface area (Å²) in [6.45, 7) is 4.17. The number of ether oxygens (including phenoxy) is 1. The van der Waals surface area contributed by atoms with Crippen molar-refractivity contribution in [3.8, 4) is 5.75 Å². The zero-order valence-electron chi connectivity index (χ0n) is 16.3. The van der Waals surface area contributed by atoms with E-state index in [1.807, 2.05) is 31.2 Å². The van der Waals surface area contributed by atoms with E-state index in [9.17, 15) is 14.4 Å². The summed E-state index contributed by atoms with van der Waals surface area (Å²) < 4.78 is 5.61. The third-order valence-electron chi connectivity index (χ3n) is 4.90. The lowest BCUT2D eigenvalue weighted by molar-refractivity contribution is -0.133. The molecule has 1 aliphatic rings. The molecule has 2 aromatic carbocycles. The summed E-state index contributed by atoms with van der Waals surface area (Å²) in [5, 5.41) is 8.94. The molecule has 0 aliphatic carbocycles. The van der Waals surface area contributed by atoms with Crippen LogP contribution in [0, 0.1) is 6.92 Å². The molecule has 2 amide bonds. The van der Waals surface area contributed by atoms with Crippen LogP contribution >= 0.6 is 0 Å². The predicted octanol–water partition coefficient (Wildman–Crippen LogP) is 2.45. The first-order valence-electron chi connectivity index (χ1n) is 9.54. The normalized spacial score (nSPS) is 13.8. The first kappa shape index (κ1) is 20.4. The minimum Gasteiger partial charge on any atom is -0.493 e. The van der Waals surface area contributed by atoms with Crippen LogP contribution in [-0.2, 0) is 4.79 Å². The Morgan fingerprint density at radius 3 is 2.00 bits per heavy atom. The smallest absolute Gasteiger partial charge is 0.335 e. The standard InChI is InChI=1S/C22H24N2O5/c1-16-2-8-19(9-3-16)29-15-10-20(25)23-11-13-24(14-12-23)21(26)17-4-6-18(7-5-17)22(27)28/h2-9H,10-15H2,1H3,(H,27,28). The van der Waals surface area contributed by atoms with Gasteiger partial charge in [0.25, 0.3) is 5.91 Å². The minimum atomic E-state index is -1.03. The second kappa shape index (κ2) is 9.23. The Morgan fingerprint density at radius 2 is 1.41 bits per heavy atom. The zero-order valence-corrected chi connectivity index (χ0v) is 16.3. The number of nitrogens with zero attached hydrogens (tertiary/aromatic N) is 2. The lowest BCUT2D eigenvalue weighted by Crippen LogP contribution is -2.50. The second-order valence-corrected chi connectivity index (χ2v) is 6.97. The Morgan fingerprint density at radius 1 is 0.862 bits per heavy atom. The minimum absolute atomic E-state index is 0.00928. The highest BCUT2D eigenvalue weighted by atomic mass is 16.5. The van der Waals surface area contributed by atoms with Gasteiger partial charge in [0.2, 0.25) is 5.91 Å². The fourth-order valence-electron chi connectivity index (χ4n) is 3.15. The Kier molecular flexibility index (Phi) is 6.49. The third kappa shape index (κ3) is 5.34. The molecule has 3 rings (SSSR count). The van der Waals surface area contributed by atoms with Crippen LogP contribution in [0.1, 0.15) is 32.7 Å². The van der Waals surface area contributed by atoms with E-state index in [0.717, 1.165) is 11.3 Å². The van der Waals surface area contributed by atoms with Crippen molar-refractivity contribution in [1.82, 2.24) is 9.80 Å². The predicted molar refractivity (Wildman–Crippen MR) is 107 cm³/mol. The van der Waals surface area contributed by atoms with Crippen LogP contribution < -0.4 is 4.74 Å². The summed E-state index contributed by atoms with van der Waals surface area (Å²) >= 11 is 0. The number of amides is 2. The SMILES string of the molecule is Cc1ccc(OCCC(=O)N2CCN(C(=O)c3ccc(C(=O)O)cc3)CC2)cc1. The van der Waals surface area contributed by atoms with Gasteiger partial charge < -0.3 is 19.6 Å². The van der Waals surface area contributed by atoms with Crippen LogP contribution in [0.5, 0.6) is 5.75 Å². The van der Waals surface area contributed by atoms with E-state index in [2.05, 4.69) is 0 Å². The molecule has 0 spiro atoms. The van der Waals surface area contributed by atoms with Crippen molar-refractivity contribution in [3.63, 3.8) is 0 Å². The van der Waals surface area contributed by atoms with E-state index in [0.29, 0.717) is 44.8 Å². The molecule has 1 heterocycles. The molecule has 2 aromatic rings. The number of carbonyl (C=O) groups is 3. The number of carboxylic acid groups (broad SMARTS) is 1. The highest BCUT2D eigenvalue weighted by Crippen LogP contribution is 2.13. The topological polar surface area (TPSA) is 87.2 Å². The molecule has 0 radical (unpaired) electrons. The van der Waals surface area contributed by atoms with Crippen molar-refractivity contribution in [2.75, 3.05) is 32.8 Å². The van der Waals surface area contributed by atoms with E-state index >= 15 is 0 Å². The summed E-state index contributed by atoms with van der Waals surface area (Å²) in [5.41, 5.74) is 1.74. The highest BCUT2D eigenvalue weighted by molar-refractivity contribution is 5.96. The van der Waals surface area contributed by atoms with E-state index in [-0.39, 0.29) is 17.4 Å². The fraction of sp³-hybridized carbons (Fsp3) is 0.318. The maximum Gasteiger partial charge on any atom is 0.335 e. The molecule has 1 saturated heterocycles. The van der Waals surface area contributed by atoms with Crippen molar-refractivity contribution < 1.29 is 24.2 Å². The van der Waals surface area contributed by atoms with Gasteiger partial charge in [0, 0.05) is 31.7 Å². The van der Waals surface area contributed by atoms with E-state index in [1.165, 1.54) is 24.3 Å². The number of benzene rings is 2. The van der Waals surface area contributed by atoms with Gasteiger partial charge in [0.15, 0.2) is 0 Å². The van der Waals surface area contributed by atoms with E-state index in [4.69, 9.17) is 9.84 Å². The van der Waals surface area contributed by atoms with Crippen LogP contribution in [0.15, 0.2) is 48.5 Å². The Labute approximate surface area is 169 Å². The van der Waals surface area contributed by atoms with Crippen molar-refractivity contribution >= 4 is 17.8 Å². The van der Waals surface area contributed by atoms with Gasteiger partial charge in [-0.15, -0.1) is 0 Å². The molecule has 1 N–H and O–H groups in total. The maximum absolute atomic E-state index is 12.6. The van der Waals surface area contributed by atoms with Crippen LogP contribution in [0.2, 0.25) is 0 Å². The van der Waals surface area contributed by atoms with Crippen LogP contribution in [0.4, 0.5) is 0 Å². The van der Waals surface area contributed by atoms with Crippen molar-refractivity contribution in [2.45, 2.75) is 13.3 Å². The summed E-state index contributed by atoms with van der Waals surface area (Å²) in [4.78, 5) is 39.3. The molecule has 7 heteroatoms. The lowest BCUT2D eigenvalue weighted by atomic mass is 10.1. The van der Waals surface area contributed by atoms with Gasteiger partial charge in [-0.2, -0.15) is 0 Å². The lowest BCUT2D eigenvalue weighted by Gasteiger charge is -2.35. The molecule has 152 valence electrons. The van der Waals surface area contributed by atoms with Crippen LogP contribution in [0.3, 0.4) is 0 Å². The van der Waals surface area contributed by atoms with Gasteiger partial charge >= 0.3 is 5.97 Å². The number of carboxylic acids is 1. The largest absolute Gasteiger partial charge is 0.493 e. The number of piperazine rings is 1. The molecule has 0 saturated carbocycles. The molecule has 1 aliphatic heterocycles. The highest BCUT2D eigenvalue weighted by Gasteiger charge is 2.24. The molecule has 0 bridgehead atoms. The Bertz CT molecular complexity index is 869. The average Bonchev–Trinajstić information content (AvgIpc) is 2.74. The van der Waals surface area contributed by atoms with Crippen LogP contribution in [-0.4, -0.2) is 65.5 Å². The van der Waals surface area contributed by atoms with Crippen molar-refractivity contribution in [2.24, 2.45) is 0 Å². The Balaban J connectivity index is 1.44. The van der Waals surface area contributed by atoms with Gasteiger partial charge in [0.05, 0.1) is 18.6 Å². The first-order chi connectivity index (χ1) is 13.9. The quantitative estimate of drug-likeness (QED) is 0.810. The molecule has 29 heavy (non-hydrogen) atoms. The number of aryl methyl sites for hydroxylation is 1. The number of rotatable bonds is 6. The molecule has 0 aromatic heterocycles. The fourth-order valence-corrected chi connectivity index (χ4v) is 3.15. The van der Waals surface area contributed by atoms with Gasteiger partial charge in [-0.1, -0.05) is 17.7 Å². The van der Waals surface area contributed by atoms with Gasteiger partial charge in [0.1, 0.15) is 5.75 Å². The summed E-state index contributed by atoms with van der Waals surface area (Å²) in [7, 11) is 0. The summed E-state index contributed by atoms with van der Waals surface area (Å²) in [6, 6.07) is 13.6. The molecule has 7 nitrogen and oxygen atoms in total. The average molecular weight is 396 g/mol. The molecule has 1 fully saturated rings. The summed E-state index contributed by atoms with van der Waals surface area (Å²) in [5.74, 6) is -0.429. The number of hydrogen-bond donors (Lipinski definition) is 1. The zero-order chi connectivity index (χ0) is 20.8. The van der Waals surface area contributed by atoms with Gasteiger partial charge in [-0.05, 0) is 43.3 Å². The Hall–Kier alpha value is -3.35. The molecular weight excluding hydrogens is 372 g/mol. The van der Waals surface area contributed by atoms with Crippen LogP contribution in [0.25, 0.3) is 0 Å². The third-order valence-corrected chi connectivity index (χ3v) is 4.90. The summed E-state index contributed by atoms with van der Waals surface area (Å²) in [6.07, 6.45) is 0.290. The van der Waals surface area contributed by atoms with E-state index < -0.39 is 5.97 Å². The van der Waals surface area contributed by atoms with E-state index in [1.54, 1.807) is 9.80 Å². The second-order valence-electron chi connectivity index (χ2n) is 6.97. The molecule has 0 unspecified atom stereocenters. The first-order valence-corrected chi connectivity index (χ1v) is 9.54. The number of hydrogen-bond acceptors (Lipinski definition) is 4. The number of aromatic carboxylic acids is 1. The number of carbonyl (C=O) groups excluding carboxylic acids is 2.